The lowest BCUT2D eigenvalue weighted by molar-refractivity contribution is -0.138. The number of amides is 1. The monoisotopic (exact) mass is 334 g/mol. The molecule has 1 unspecified atom stereocenters. The second-order valence-electron chi connectivity index (χ2n) is 6.41. The number of para-hydroxylation sites is 2. The van der Waals surface area contributed by atoms with Crippen LogP contribution in [0.3, 0.4) is 0 Å². The molecule has 4 rings (SSSR count). The number of nitrogens with zero attached hydrogens (tertiary/aromatic N) is 1. The highest BCUT2D eigenvalue weighted by Gasteiger charge is 2.34. The van der Waals surface area contributed by atoms with E-state index in [0.29, 0.717) is 30.7 Å². The summed E-state index contributed by atoms with van der Waals surface area (Å²) in [4.78, 5) is 28.1. The molecule has 126 valence electrons. The fourth-order valence-corrected chi connectivity index (χ4v) is 3.05. The van der Waals surface area contributed by atoms with E-state index in [1.54, 1.807) is 0 Å². The van der Waals surface area contributed by atoms with Crippen molar-refractivity contribution in [2.45, 2.75) is 25.3 Å². The Bertz CT molecular complexity index is 876. The normalized spacial score (nSPS) is 15.8. The van der Waals surface area contributed by atoms with Gasteiger partial charge in [0.05, 0.1) is 5.92 Å². The number of oxazole rings is 1. The number of Topliss-reactive ketones (excluding diaryl/α,β-unsaturated/α-hetero) is 1. The van der Waals surface area contributed by atoms with Crippen molar-refractivity contribution in [2.24, 2.45) is 5.92 Å². The van der Waals surface area contributed by atoms with Gasteiger partial charge in [-0.1, -0.05) is 42.5 Å². The van der Waals surface area contributed by atoms with Crippen molar-refractivity contribution < 1.29 is 14.0 Å². The van der Waals surface area contributed by atoms with Crippen LogP contribution in [0.15, 0.2) is 59.0 Å². The van der Waals surface area contributed by atoms with E-state index in [-0.39, 0.29) is 23.7 Å². The number of nitrogens with one attached hydrogen (secondary N) is 1. The number of ketones is 1. The molecule has 1 atom stereocenters. The summed E-state index contributed by atoms with van der Waals surface area (Å²) in [5.74, 6) is 0.295. The summed E-state index contributed by atoms with van der Waals surface area (Å²) in [6, 6.07) is 17.1. The average Bonchev–Trinajstić information content (AvgIpc) is 3.03. The molecule has 5 nitrogen and oxygen atoms in total. The number of aromatic nitrogens is 1. The van der Waals surface area contributed by atoms with E-state index in [4.69, 9.17) is 4.42 Å². The van der Waals surface area contributed by atoms with Gasteiger partial charge in [-0.25, -0.2) is 4.98 Å². The number of hydrogen-bond acceptors (Lipinski definition) is 4. The molecule has 1 aliphatic rings. The quantitative estimate of drug-likeness (QED) is 0.778. The smallest absolute Gasteiger partial charge is 0.224 e. The van der Waals surface area contributed by atoms with Crippen LogP contribution in [0.1, 0.15) is 30.3 Å². The molecule has 1 heterocycles. The molecule has 0 bridgehead atoms. The topological polar surface area (TPSA) is 72.2 Å². The van der Waals surface area contributed by atoms with Crippen LogP contribution in [0.4, 0.5) is 0 Å². The number of carbonyl (C=O) groups is 2. The summed E-state index contributed by atoms with van der Waals surface area (Å²) < 4.78 is 5.86. The van der Waals surface area contributed by atoms with Gasteiger partial charge in [0, 0.05) is 19.3 Å². The van der Waals surface area contributed by atoms with Gasteiger partial charge < -0.3 is 9.73 Å². The van der Waals surface area contributed by atoms with Crippen LogP contribution in [0.2, 0.25) is 0 Å². The van der Waals surface area contributed by atoms with Crippen LogP contribution in [-0.4, -0.2) is 16.7 Å². The number of carbonyl (C=O) groups excluding carboxylic acids is 2. The molecular weight excluding hydrogens is 316 g/mol. The van der Waals surface area contributed by atoms with Crippen LogP contribution in [-0.2, 0) is 16.0 Å². The van der Waals surface area contributed by atoms with Crippen molar-refractivity contribution in [3.63, 3.8) is 0 Å². The molecule has 1 amide bonds. The molecule has 0 aliphatic heterocycles. The SMILES string of the molecule is O=C1CC(C(=O)NC(Cc2ccccc2)c2nc3ccccc3o2)C1. The lowest BCUT2D eigenvalue weighted by Crippen LogP contribution is -2.41. The Morgan fingerprint density at radius 3 is 2.56 bits per heavy atom. The summed E-state index contributed by atoms with van der Waals surface area (Å²) in [5, 5.41) is 3.02. The van der Waals surface area contributed by atoms with Gasteiger partial charge in [-0.05, 0) is 17.7 Å². The Morgan fingerprint density at radius 2 is 1.84 bits per heavy atom. The lowest BCUT2D eigenvalue weighted by Gasteiger charge is -2.25. The first-order valence-electron chi connectivity index (χ1n) is 8.40. The third-order valence-corrected chi connectivity index (χ3v) is 4.53. The zero-order valence-corrected chi connectivity index (χ0v) is 13.6. The molecule has 1 saturated carbocycles. The van der Waals surface area contributed by atoms with Gasteiger partial charge in [0.1, 0.15) is 17.3 Å². The average molecular weight is 334 g/mol. The van der Waals surface area contributed by atoms with Gasteiger partial charge in [-0.2, -0.15) is 0 Å². The Kier molecular flexibility index (Phi) is 4.06. The van der Waals surface area contributed by atoms with Crippen LogP contribution in [0.5, 0.6) is 0 Å². The molecule has 0 saturated heterocycles. The molecular formula is C20H18N2O3. The Hall–Kier alpha value is -2.95. The summed E-state index contributed by atoms with van der Waals surface area (Å²) in [6.07, 6.45) is 1.25. The molecule has 1 fully saturated rings. The molecule has 25 heavy (non-hydrogen) atoms. The van der Waals surface area contributed by atoms with Crippen molar-refractivity contribution in [3.05, 3.63) is 66.1 Å². The van der Waals surface area contributed by atoms with Gasteiger partial charge in [0.15, 0.2) is 5.58 Å². The van der Waals surface area contributed by atoms with Crippen LogP contribution in [0, 0.1) is 5.92 Å². The maximum Gasteiger partial charge on any atom is 0.224 e. The second-order valence-corrected chi connectivity index (χ2v) is 6.41. The summed E-state index contributed by atoms with van der Waals surface area (Å²) in [6.45, 7) is 0. The molecule has 0 spiro atoms. The fourth-order valence-electron chi connectivity index (χ4n) is 3.05. The zero-order chi connectivity index (χ0) is 17.2. The minimum Gasteiger partial charge on any atom is -0.438 e. The highest BCUT2D eigenvalue weighted by molar-refractivity contribution is 5.96. The first-order valence-corrected chi connectivity index (χ1v) is 8.40. The van der Waals surface area contributed by atoms with E-state index in [1.807, 2.05) is 54.6 Å². The maximum atomic E-state index is 12.4. The molecule has 0 radical (unpaired) electrons. The third-order valence-electron chi connectivity index (χ3n) is 4.53. The van der Waals surface area contributed by atoms with Gasteiger partial charge in [-0.3, -0.25) is 9.59 Å². The maximum absolute atomic E-state index is 12.4. The molecule has 1 aromatic heterocycles. The lowest BCUT2D eigenvalue weighted by atomic mass is 9.83. The molecule has 5 heteroatoms. The molecule has 1 N–H and O–H groups in total. The van der Waals surface area contributed by atoms with Gasteiger partial charge >= 0.3 is 0 Å². The zero-order valence-electron chi connectivity index (χ0n) is 13.6. The third kappa shape index (κ3) is 3.31. The number of hydrogen-bond donors (Lipinski definition) is 1. The van der Waals surface area contributed by atoms with E-state index in [9.17, 15) is 9.59 Å². The van der Waals surface area contributed by atoms with Crippen molar-refractivity contribution in [1.82, 2.24) is 10.3 Å². The Balaban J connectivity index is 1.60. The highest BCUT2D eigenvalue weighted by Crippen LogP contribution is 2.27. The van der Waals surface area contributed by atoms with Crippen molar-refractivity contribution in [2.75, 3.05) is 0 Å². The fraction of sp³-hybridized carbons (Fsp3) is 0.250. The minimum atomic E-state index is -0.363. The first kappa shape index (κ1) is 15.6. The predicted octanol–water partition coefficient (Wildman–Crippen LogP) is 3.21. The number of rotatable bonds is 5. The molecule has 3 aromatic rings. The van der Waals surface area contributed by atoms with Crippen LogP contribution >= 0.6 is 0 Å². The van der Waals surface area contributed by atoms with E-state index < -0.39 is 0 Å². The number of benzene rings is 2. The number of fused-ring (bicyclic) bond motifs is 1. The molecule has 1 aliphatic carbocycles. The van der Waals surface area contributed by atoms with Crippen molar-refractivity contribution in [1.29, 1.82) is 0 Å². The van der Waals surface area contributed by atoms with Gasteiger partial charge in [-0.15, -0.1) is 0 Å². The first-order chi connectivity index (χ1) is 12.2. The highest BCUT2D eigenvalue weighted by atomic mass is 16.3. The second kappa shape index (κ2) is 6.51. The van der Waals surface area contributed by atoms with Gasteiger partial charge in [0.25, 0.3) is 0 Å². The standard InChI is InChI=1S/C20H18N2O3/c23-15-11-14(12-15)19(24)21-17(10-13-6-2-1-3-7-13)20-22-16-8-4-5-9-18(16)25-20/h1-9,14,17H,10-12H2,(H,21,24). The van der Waals surface area contributed by atoms with Crippen LogP contribution in [0.25, 0.3) is 11.1 Å². The summed E-state index contributed by atoms with van der Waals surface area (Å²) >= 11 is 0. The van der Waals surface area contributed by atoms with E-state index >= 15 is 0 Å². The summed E-state index contributed by atoms with van der Waals surface area (Å²) in [7, 11) is 0. The van der Waals surface area contributed by atoms with E-state index in [0.717, 1.165) is 11.1 Å². The van der Waals surface area contributed by atoms with Crippen molar-refractivity contribution in [3.8, 4) is 0 Å². The Labute approximate surface area is 145 Å². The summed E-state index contributed by atoms with van der Waals surface area (Å²) in [5.41, 5.74) is 2.55. The Morgan fingerprint density at radius 1 is 1.12 bits per heavy atom. The van der Waals surface area contributed by atoms with Crippen molar-refractivity contribution >= 4 is 22.8 Å². The predicted molar refractivity (Wildman–Crippen MR) is 92.8 cm³/mol. The largest absolute Gasteiger partial charge is 0.438 e. The molecule has 2 aromatic carbocycles. The van der Waals surface area contributed by atoms with E-state index in [2.05, 4.69) is 10.3 Å². The van der Waals surface area contributed by atoms with E-state index in [1.165, 1.54) is 0 Å². The minimum absolute atomic E-state index is 0.109. The van der Waals surface area contributed by atoms with Gasteiger partial charge in [0.2, 0.25) is 11.8 Å². The van der Waals surface area contributed by atoms with Crippen LogP contribution < -0.4 is 5.32 Å².